The van der Waals surface area contributed by atoms with Crippen LogP contribution in [0.15, 0.2) is 22.7 Å². The average molecular weight is 521 g/mol. The van der Waals surface area contributed by atoms with Crippen molar-refractivity contribution in [2.24, 2.45) is 0 Å². The fourth-order valence-electron chi connectivity index (χ4n) is 3.16. The van der Waals surface area contributed by atoms with Gasteiger partial charge < -0.3 is 14.5 Å². The zero-order valence-corrected chi connectivity index (χ0v) is 18.4. The van der Waals surface area contributed by atoms with Crippen molar-refractivity contribution < 1.29 is 14.3 Å². The normalized spacial score (nSPS) is 19.1. The summed E-state index contributed by atoms with van der Waals surface area (Å²) in [4.78, 5) is 29.2. The van der Waals surface area contributed by atoms with Gasteiger partial charge in [-0.25, -0.2) is 4.79 Å². The largest absolute Gasteiger partial charge is 0.444 e. The Morgan fingerprint density at radius 2 is 1.92 bits per heavy atom. The van der Waals surface area contributed by atoms with E-state index in [4.69, 9.17) is 4.74 Å². The fourth-order valence-corrected chi connectivity index (χ4v) is 4.12. The van der Waals surface area contributed by atoms with E-state index in [1.165, 1.54) is 0 Å². The van der Waals surface area contributed by atoms with Crippen LogP contribution in [-0.4, -0.2) is 52.6 Å². The minimum absolute atomic E-state index is 0.0482. The van der Waals surface area contributed by atoms with E-state index in [0.29, 0.717) is 25.2 Å². The van der Waals surface area contributed by atoms with Crippen molar-refractivity contribution in [3.8, 4) is 0 Å². The molecule has 1 saturated heterocycles. The maximum atomic E-state index is 13.1. The Balaban J connectivity index is 1.75. The van der Waals surface area contributed by atoms with Crippen LogP contribution in [-0.2, 0) is 4.74 Å². The molecule has 0 bridgehead atoms. The third-order valence-electron chi connectivity index (χ3n) is 4.56. The van der Waals surface area contributed by atoms with Crippen molar-refractivity contribution in [1.29, 1.82) is 0 Å². The monoisotopic (exact) mass is 520 g/mol. The highest BCUT2D eigenvalue weighted by molar-refractivity contribution is 14.1. The highest BCUT2D eigenvalue weighted by atomic mass is 127. The van der Waals surface area contributed by atoms with Crippen LogP contribution in [0.4, 0.5) is 4.79 Å². The zero-order valence-electron chi connectivity index (χ0n) is 14.6. The maximum absolute atomic E-state index is 13.1. The van der Waals surface area contributed by atoms with Crippen molar-refractivity contribution in [2.75, 3.05) is 19.6 Å². The van der Waals surface area contributed by atoms with E-state index in [1.54, 1.807) is 4.90 Å². The highest BCUT2D eigenvalue weighted by Crippen LogP contribution is 2.45. The molecule has 2 fully saturated rings. The summed E-state index contributed by atoms with van der Waals surface area (Å²) in [5.41, 5.74) is -0.0165. The molecule has 0 radical (unpaired) electrons. The number of nitrogens with zero attached hydrogens (tertiary/aromatic N) is 2. The highest BCUT2D eigenvalue weighted by Gasteiger charge is 2.54. The topological polar surface area (TPSA) is 49.9 Å². The minimum atomic E-state index is -0.507. The van der Waals surface area contributed by atoms with Crippen LogP contribution >= 0.6 is 38.5 Å². The van der Waals surface area contributed by atoms with Crippen molar-refractivity contribution in [1.82, 2.24) is 9.80 Å². The third-order valence-corrected chi connectivity index (χ3v) is 7.12. The first-order chi connectivity index (χ1) is 11.6. The van der Waals surface area contributed by atoms with Gasteiger partial charge in [0.15, 0.2) is 0 Å². The van der Waals surface area contributed by atoms with Gasteiger partial charge in [0.1, 0.15) is 5.60 Å². The van der Waals surface area contributed by atoms with E-state index in [9.17, 15) is 9.59 Å². The van der Waals surface area contributed by atoms with Crippen LogP contribution in [0.5, 0.6) is 0 Å². The van der Waals surface area contributed by atoms with E-state index in [1.807, 2.05) is 43.9 Å². The molecule has 1 spiro atoms. The Morgan fingerprint density at radius 3 is 2.52 bits per heavy atom. The number of hydrogen-bond acceptors (Lipinski definition) is 3. The first-order valence-corrected chi connectivity index (χ1v) is 10.2. The smallest absolute Gasteiger partial charge is 0.410 e. The first-order valence-electron chi connectivity index (χ1n) is 8.37. The van der Waals surface area contributed by atoms with Crippen molar-refractivity contribution in [3.05, 3.63) is 31.8 Å². The molecule has 1 aliphatic heterocycles. The number of amides is 2. The third kappa shape index (κ3) is 3.97. The number of ether oxygens (including phenoxy) is 1. The molecule has 0 unspecified atom stereocenters. The zero-order chi connectivity index (χ0) is 18.4. The van der Waals surface area contributed by atoms with Crippen molar-refractivity contribution in [3.63, 3.8) is 0 Å². The molecule has 2 aliphatic rings. The van der Waals surface area contributed by atoms with E-state index < -0.39 is 5.60 Å². The second-order valence-corrected chi connectivity index (χ2v) is 9.62. The minimum Gasteiger partial charge on any atom is -0.444 e. The van der Waals surface area contributed by atoms with Crippen LogP contribution in [0.1, 0.15) is 44.0 Å². The number of rotatable bonds is 1. The van der Waals surface area contributed by atoms with Gasteiger partial charge in [-0.1, -0.05) is 6.07 Å². The summed E-state index contributed by atoms with van der Waals surface area (Å²) < 4.78 is 7.34. The van der Waals surface area contributed by atoms with Crippen LogP contribution in [0.2, 0.25) is 0 Å². The van der Waals surface area contributed by atoms with E-state index in [-0.39, 0.29) is 17.5 Å². The Bertz CT molecular complexity index is 713. The lowest BCUT2D eigenvalue weighted by Gasteiger charge is -2.42. The molecule has 25 heavy (non-hydrogen) atoms. The lowest BCUT2D eigenvalue weighted by Crippen LogP contribution is -2.58. The van der Waals surface area contributed by atoms with Crippen molar-refractivity contribution in [2.45, 2.75) is 44.8 Å². The predicted molar refractivity (Wildman–Crippen MR) is 108 cm³/mol. The van der Waals surface area contributed by atoms with Gasteiger partial charge in [-0.3, -0.25) is 4.79 Å². The summed E-state index contributed by atoms with van der Waals surface area (Å²) in [5, 5.41) is 0. The lowest BCUT2D eigenvalue weighted by molar-refractivity contribution is 0.000608. The molecule has 1 aromatic rings. The fraction of sp³-hybridized carbons (Fsp3) is 0.556. The molecule has 1 aliphatic carbocycles. The molecule has 0 atom stereocenters. The molecular formula is C18H22BrIN2O3. The van der Waals surface area contributed by atoms with Gasteiger partial charge in [0.05, 0.1) is 11.1 Å². The van der Waals surface area contributed by atoms with Crippen LogP contribution in [0.25, 0.3) is 0 Å². The lowest BCUT2D eigenvalue weighted by atomic mass is 10.1. The van der Waals surface area contributed by atoms with Gasteiger partial charge in [0.2, 0.25) is 0 Å². The van der Waals surface area contributed by atoms with Gasteiger partial charge >= 0.3 is 6.09 Å². The van der Waals surface area contributed by atoms with E-state index in [0.717, 1.165) is 20.9 Å². The number of hydrogen-bond donors (Lipinski definition) is 0. The molecule has 136 valence electrons. The van der Waals surface area contributed by atoms with Gasteiger partial charge in [0.25, 0.3) is 5.91 Å². The molecule has 1 saturated carbocycles. The summed E-state index contributed by atoms with van der Waals surface area (Å²) in [5.74, 6) is 0.0482. The van der Waals surface area contributed by atoms with Crippen LogP contribution < -0.4 is 0 Å². The standard InChI is InChI=1S/C18H22BrIN2O3/c1-17(2,3)25-16(24)21-9-10-22(18(11-21)7-8-18)15(23)12-5-4-6-13(19)14(12)20/h4-6H,7-11H2,1-3H3. The Hall–Kier alpha value is -0.830. The summed E-state index contributed by atoms with van der Waals surface area (Å²) in [6.07, 6.45) is 1.58. The Kier molecular flexibility index (Phi) is 5.09. The molecule has 0 N–H and O–H groups in total. The number of halogens is 2. The number of carbonyl (C=O) groups excluding carboxylic acids is 2. The number of piperazine rings is 1. The van der Waals surface area contributed by atoms with Crippen LogP contribution in [0.3, 0.4) is 0 Å². The molecule has 2 amide bonds. The molecule has 7 heteroatoms. The van der Waals surface area contributed by atoms with Gasteiger partial charge in [0, 0.05) is 27.7 Å². The van der Waals surface area contributed by atoms with E-state index >= 15 is 0 Å². The van der Waals surface area contributed by atoms with Gasteiger partial charge in [-0.15, -0.1) is 0 Å². The van der Waals surface area contributed by atoms with Gasteiger partial charge in [-0.05, 0) is 84.3 Å². The second kappa shape index (κ2) is 6.72. The van der Waals surface area contributed by atoms with Gasteiger partial charge in [-0.2, -0.15) is 0 Å². The number of carbonyl (C=O) groups is 2. The molecule has 1 heterocycles. The maximum Gasteiger partial charge on any atom is 0.410 e. The average Bonchev–Trinajstić information content (AvgIpc) is 3.27. The SMILES string of the molecule is CC(C)(C)OC(=O)N1CCN(C(=O)c2cccc(Br)c2I)C2(CC2)C1. The predicted octanol–water partition coefficient (Wildman–Crippen LogP) is 4.28. The molecular weight excluding hydrogens is 499 g/mol. The van der Waals surface area contributed by atoms with E-state index in [2.05, 4.69) is 38.5 Å². The molecule has 0 aromatic heterocycles. The molecule has 3 rings (SSSR count). The first kappa shape index (κ1) is 18.9. The Labute approximate surface area is 170 Å². The molecule has 1 aromatic carbocycles. The Morgan fingerprint density at radius 1 is 1.24 bits per heavy atom. The summed E-state index contributed by atoms with van der Waals surface area (Å²) in [6, 6.07) is 5.69. The molecule has 5 nitrogen and oxygen atoms in total. The summed E-state index contributed by atoms with van der Waals surface area (Å²) in [7, 11) is 0. The second-order valence-electron chi connectivity index (χ2n) is 7.68. The summed E-state index contributed by atoms with van der Waals surface area (Å²) in [6.45, 7) is 7.21. The quantitative estimate of drug-likeness (QED) is 0.519. The number of benzene rings is 1. The van der Waals surface area contributed by atoms with Crippen molar-refractivity contribution >= 4 is 50.5 Å². The van der Waals surface area contributed by atoms with Crippen LogP contribution in [0, 0.1) is 3.57 Å². The summed E-state index contributed by atoms with van der Waals surface area (Å²) >= 11 is 5.69.